The van der Waals surface area contributed by atoms with E-state index in [-0.39, 0.29) is 0 Å². The van der Waals surface area contributed by atoms with Crippen LogP contribution in [0.4, 0.5) is 5.82 Å². The van der Waals surface area contributed by atoms with Crippen LogP contribution in [0.5, 0.6) is 5.75 Å². The van der Waals surface area contributed by atoms with E-state index in [1.807, 2.05) is 12.1 Å². The number of carbonyl (C=O) groups is 1. The van der Waals surface area contributed by atoms with Gasteiger partial charge in [-0.15, -0.1) is 0 Å². The molecule has 6 heteroatoms. The van der Waals surface area contributed by atoms with Crippen molar-refractivity contribution in [3.8, 4) is 5.75 Å². The zero-order chi connectivity index (χ0) is 17.3. The van der Waals surface area contributed by atoms with Gasteiger partial charge in [0.15, 0.2) is 0 Å². The molecule has 2 heterocycles. The van der Waals surface area contributed by atoms with E-state index in [0.717, 1.165) is 25.1 Å². The Morgan fingerprint density at radius 1 is 1.16 bits per heavy atom. The molecule has 0 spiro atoms. The van der Waals surface area contributed by atoms with E-state index in [4.69, 9.17) is 4.74 Å². The van der Waals surface area contributed by atoms with Gasteiger partial charge in [-0.2, -0.15) is 0 Å². The fourth-order valence-corrected chi connectivity index (χ4v) is 3.75. The van der Waals surface area contributed by atoms with Gasteiger partial charge >= 0.3 is 5.97 Å². The van der Waals surface area contributed by atoms with Crippen molar-refractivity contribution in [1.82, 2.24) is 9.97 Å². The van der Waals surface area contributed by atoms with E-state index in [1.54, 1.807) is 18.6 Å². The van der Waals surface area contributed by atoms with Gasteiger partial charge in [0.05, 0.1) is 6.20 Å². The van der Waals surface area contributed by atoms with Crippen LogP contribution in [0.15, 0.2) is 36.8 Å². The summed E-state index contributed by atoms with van der Waals surface area (Å²) in [5, 5.41) is 9.83. The molecular formula is C19H21N3O3. The molecule has 0 saturated carbocycles. The van der Waals surface area contributed by atoms with Gasteiger partial charge in [0.2, 0.25) is 5.60 Å². The van der Waals surface area contributed by atoms with Crippen LogP contribution in [0.3, 0.4) is 0 Å². The molecule has 25 heavy (non-hydrogen) atoms. The lowest BCUT2D eigenvalue weighted by Gasteiger charge is -2.39. The monoisotopic (exact) mass is 339 g/mol. The Kier molecular flexibility index (Phi) is 4.03. The molecular weight excluding hydrogens is 318 g/mol. The summed E-state index contributed by atoms with van der Waals surface area (Å²) in [6, 6.07) is 5.99. The summed E-state index contributed by atoms with van der Waals surface area (Å²) in [7, 11) is 0. The Morgan fingerprint density at radius 2 is 1.96 bits per heavy atom. The van der Waals surface area contributed by atoms with Crippen LogP contribution in [-0.2, 0) is 17.6 Å². The molecule has 0 radical (unpaired) electrons. The number of rotatable bonds is 4. The first-order chi connectivity index (χ1) is 12.2. The van der Waals surface area contributed by atoms with Crippen LogP contribution in [0, 0.1) is 0 Å². The first kappa shape index (κ1) is 15.9. The molecule has 1 saturated heterocycles. The Bertz CT molecular complexity index is 771. The lowest BCUT2D eigenvalue weighted by molar-refractivity contribution is -0.157. The maximum absolute atomic E-state index is 12.0. The lowest BCUT2D eigenvalue weighted by atomic mass is 9.91. The molecule has 0 unspecified atom stereocenters. The number of hydrogen-bond acceptors (Lipinski definition) is 5. The molecule has 0 amide bonds. The number of benzene rings is 1. The maximum atomic E-state index is 12.0. The van der Waals surface area contributed by atoms with Crippen molar-refractivity contribution >= 4 is 11.8 Å². The van der Waals surface area contributed by atoms with Gasteiger partial charge in [-0.3, -0.25) is 4.98 Å². The van der Waals surface area contributed by atoms with Gasteiger partial charge in [-0.05, 0) is 42.5 Å². The third kappa shape index (κ3) is 3.04. The zero-order valence-electron chi connectivity index (χ0n) is 14.0. The van der Waals surface area contributed by atoms with Crippen LogP contribution >= 0.6 is 0 Å². The number of carboxylic acid groups (broad SMARTS) is 1. The molecule has 2 aliphatic rings. The van der Waals surface area contributed by atoms with Crippen molar-refractivity contribution in [2.45, 2.75) is 37.7 Å². The summed E-state index contributed by atoms with van der Waals surface area (Å²) in [5.74, 6) is 0.543. The number of anilines is 1. The predicted octanol–water partition coefficient (Wildman–Crippen LogP) is 2.47. The van der Waals surface area contributed by atoms with Crippen LogP contribution in [0.2, 0.25) is 0 Å². The summed E-state index contributed by atoms with van der Waals surface area (Å²) in [5.41, 5.74) is 1.47. The van der Waals surface area contributed by atoms with Crippen LogP contribution in [0.25, 0.3) is 0 Å². The van der Waals surface area contributed by atoms with Gasteiger partial charge in [-0.25, -0.2) is 9.78 Å². The van der Waals surface area contributed by atoms with Crippen molar-refractivity contribution in [3.63, 3.8) is 0 Å². The lowest BCUT2D eigenvalue weighted by Crippen LogP contribution is -2.53. The molecule has 130 valence electrons. The highest BCUT2D eigenvalue weighted by Gasteiger charge is 2.44. The van der Waals surface area contributed by atoms with E-state index >= 15 is 0 Å². The molecule has 1 aromatic heterocycles. The quantitative estimate of drug-likeness (QED) is 0.922. The number of aromatic nitrogens is 2. The van der Waals surface area contributed by atoms with Gasteiger partial charge in [0.25, 0.3) is 0 Å². The highest BCUT2D eigenvalue weighted by atomic mass is 16.5. The SMILES string of the molecule is O=C(O)C1(Oc2ccc3c(c2)CCC3)CCN(c2cnccn2)CC1. The number of aryl methyl sites for hydroxylation is 2. The van der Waals surface area contributed by atoms with Crippen LogP contribution in [0.1, 0.15) is 30.4 Å². The number of aliphatic carboxylic acids is 1. The minimum Gasteiger partial charge on any atom is -0.478 e. The molecule has 1 aliphatic carbocycles. The number of hydrogen-bond donors (Lipinski definition) is 1. The Labute approximate surface area is 146 Å². The largest absolute Gasteiger partial charge is 0.478 e. The fourth-order valence-electron chi connectivity index (χ4n) is 3.75. The number of fused-ring (bicyclic) bond motifs is 1. The summed E-state index contributed by atoms with van der Waals surface area (Å²) >= 11 is 0. The van der Waals surface area contributed by atoms with E-state index in [1.165, 1.54) is 11.1 Å². The Balaban J connectivity index is 1.51. The molecule has 1 N–H and O–H groups in total. The number of carboxylic acids is 1. The third-order valence-corrected chi connectivity index (χ3v) is 5.22. The Hall–Kier alpha value is -2.63. The van der Waals surface area contributed by atoms with E-state index in [0.29, 0.717) is 31.7 Å². The zero-order valence-corrected chi connectivity index (χ0v) is 14.0. The van der Waals surface area contributed by atoms with Crippen LogP contribution in [-0.4, -0.2) is 39.7 Å². The number of nitrogens with zero attached hydrogens (tertiary/aromatic N) is 3. The second kappa shape index (κ2) is 6.35. The maximum Gasteiger partial charge on any atom is 0.348 e. The van der Waals surface area contributed by atoms with Crippen LogP contribution < -0.4 is 9.64 Å². The van der Waals surface area contributed by atoms with E-state index in [2.05, 4.69) is 20.9 Å². The first-order valence-electron chi connectivity index (χ1n) is 8.71. The summed E-state index contributed by atoms with van der Waals surface area (Å²) in [6.45, 7) is 1.16. The molecule has 0 atom stereocenters. The van der Waals surface area contributed by atoms with E-state index < -0.39 is 11.6 Å². The van der Waals surface area contributed by atoms with Crippen molar-refractivity contribution in [2.24, 2.45) is 0 Å². The first-order valence-corrected chi connectivity index (χ1v) is 8.71. The van der Waals surface area contributed by atoms with Crippen molar-refractivity contribution in [3.05, 3.63) is 47.9 Å². The van der Waals surface area contributed by atoms with Gasteiger partial charge < -0.3 is 14.7 Å². The normalized spacial score (nSPS) is 18.6. The fraction of sp³-hybridized carbons (Fsp3) is 0.421. The average Bonchev–Trinajstić information content (AvgIpc) is 3.11. The molecule has 2 aromatic rings. The standard InChI is InChI=1S/C19H21N3O3/c23-18(24)19(25-16-5-4-14-2-1-3-15(14)12-16)6-10-22(11-7-19)17-13-20-8-9-21-17/h4-5,8-9,12-13H,1-3,6-7,10-11H2,(H,23,24). The minimum absolute atomic E-state index is 0.413. The molecule has 6 nitrogen and oxygen atoms in total. The second-order valence-corrected chi connectivity index (χ2v) is 6.74. The Morgan fingerprint density at radius 3 is 2.68 bits per heavy atom. The second-order valence-electron chi connectivity index (χ2n) is 6.74. The molecule has 1 fully saturated rings. The van der Waals surface area contributed by atoms with Crippen molar-refractivity contribution < 1.29 is 14.6 Å². The number of piperidine rings is 1. The topological polar surface area (TPSA) is 75.6 Å². The highest BCUT2D eigenvalue weighted by Crippen LogP contribution is 2.33. The van der Waals surface area contributed by atoms with Crippen molar-refractivity contribution in [1.29, 1.82) is 0 Å². The molecule has 4 rings (SSSR count). The average molecular weight is 339 g/mol. The molecule has 1 aromatic carbocycles. The third-order valence-electron chi connectivity index (χ3n) is 5.22. The summed E-state index contributed by atoms with van der Waals surface area (Å²) < 4.78 is 6.05. The van der Waals surface area contributed by atoms with Gasteiger partial charge in [-0.1, -0.05) is 6.07 Å². The smallest absolute Gasteiger partial charge is 0.348 e. The van der Waals surface area contributed by atoms with E-state index in [9.17, 15) is 9.90 Å². The molecule has 0 bridgehead atoms. The highest BCUT2D eigenvalue weighted by molar-refractivity contribution is 5.78. The molecule has 1 aliphatic heterocycles. The van der Waals surface area contributed by atoms with Gasteiger partial charge in [0.1, 0.15) is 11.6 Å². The summed E-state index contributed by atoms with van der Waals surface area (Å²) in [6.07, 6.45) is 9.12. The minimum atomic E-state index is -1.18. The predicted molar refractivity (Wildman–Crippen MR) is 92.9 cm³/mol. The van der Waals surface area contributed by atoms with Crippen molar-refractivity contribution in [2.75, 3.05) is 18.0 Å². The number of ether oxygens (including phenoxy) is 1. The van der Waals surface area contributed by atoms with Gasteiger partial charge in [0, 0.05) is 38.3 Å². The summed E-state index contributed by atoms with van der Waals surface area (Å²) in [4.78, 5) is 22.4.